The molecule has 0 amide bonds. The topological polar surface area (TPSA) is 40.5 Å². The predicted molar refractivity (Wildman–Crippen MR) is 89.9 cm³/mol. The molecule has 2 nitrogen and oxygen atoms in total. The minimum atomic E-state index is -0.215. The molecule has 0 radical (unpaired) electrons. The number of hydrogen-bond acceptors (Lipinski definition) is 2. The summed E-state index contributed by atoms with van der Waals surface area (Å²) in [5.74, 6) is -0.240. The van der Waals surface area contributed by atoms with Crippen LogP contribution in [0.4, 0.5) is 0 Å². The molecule has 2 N–H and O–H groups in total. The molecule has 3 aromatic rings. The molecule has 112 valence electrons. The Bertz CT molecular complexity index is 728. The van der Waals surface area contributed by atoms with Crippen molar-refractivity contribution in [2.45, 2.75) is 5.92 Å². The molecule has 0 aromatic heterocycles. The summed E-state index contributed by atoms with van der Waals surface area (Å²) < 4.78 is 0. The lowest BCUT2D eigenvalue weighted by atomic mass is 9.79. The fourth-order valence-electron chi connectivity index (χ4n) is 3.16. The number of benzene rings is 3. The van der Waals surface area contributed by atoms with Gasteiger partial charge >= 0.3 is 0 Å². The van der Waals surface area contributed by atoms with Gasteiger partial charge in [0.15, 0.2) is 0 Å². The van der Waals surface area contributed by atoms with Gasteiger partial charge in [-0.15, -0.1) is 0 Å². The minimum Gasteiger partial charge on any atom is -0.396 e. The van der Waals surface area contributed by atoms with E-state index in [0.29, 0.717) is 0 Å². The third-order valence-electron chi connectivity index (χ3n) is 4.26. The van der Waals surface area contributed by atoms with Crippen LogP contribution in [0.25, 0.3) is 10.8 Å². The summed E-state index contributed by atoms with van der Waals surface area (Å²) in [6.45, 7) is -0.0848. The molecule has 1 atom stereocenters. The smallest absolute Gasteiger partial charge is 0.0490 e. The highest BCUT2D eigenvalue weighted by Gasteiger charge is 2.25. The predicted octanol–water partition coefficient (Wildman–Crippen LogP) is 3.57. The molecule has 0 aliphatic heterocycles. The zero-order valence-corrected chi connectivity index (χ0v) is 12.4. The molecule has 22 heavy (non-hydrogen) atoms. The summed E-state index contributed by atoms with van der Waals surface area (Å²) in [4.78, 5) is 0. The van der Waals surface area contributed by atoms with Gasteiger partial charge in [0, 0.05) is 25.0 Å². The zero-order valence-electron chi connectivity index (χ0n) is 12.4. The van der Waals surface area contributed by atoms with Crippen LogP contribution in [0.3, 0.4) is 0 Å². The lowest BCUT2D eigenvalue weighted by Crippen LogP contribution is -2.22. The lowest BCUT2D eigenvalue weighted by Gasteiger charge is -2.26. The van der Waals surface area contributed by atoms with Gasteiger partial charge in [-0.25, -0.2) is 0 Å². The minimum absolute atomic E-state index is 0.0256. The van der Waals surface area contributed by atoms with Crippen molar-refractivity contribution in [3.8, 4) is 0 Å². The van der Waals surface area contributed by atoms with E-state index in [2.05, 4.69) is 36.4 Å². The standard InChI is InChI=1S/C20H20O2/c21-13-17(14-22)20(16-8-2-1-3-9-16)19-12-6-10-15-7-4-5-11-18(15)19/h1-12,17,20-22H,13-14H2. The first-order valence-corrected chi connectivity index (χ1v) is 7.59. The Kier molecular flexibility index (Phi) is 4.52. The molecule has 1 unspecified atom stereocenters. The second-order valence-corrected chi connectivity index (χ2v) is 5.58. The van der Waals surface area contributed by atoms with Gasteiger partial charge < -0.3 is 10.2 Å². The number of fused-ring (bicyclic) bond motifs is 1. The Labute approximate surface area is 130 Å². The quantitative estimate of drug-likeness (QED) is 0.754. The van der Waals surface area contributed by atoms with E-state index in [4.69, 9.17) is 0 Å². The first-order chi connectivity index (χ1) is 10.8. The van der Waals surface area contributed by atoms with E-state index in [1.165, 1.54) is 10.8 Å². The zero-order chi connectivity index (χ0) is 15.4. The van der Waals surface area contributed by atoms with Crippen LogP contribution in [0, 0.1) is 5.92 Å². The van der Waals surface area contributed by atoms with Crippen LogP contribution in [0.5, 0.6) is 0 Å². The molecule has 0 aliphatic carbocycles. The van der Waals surface area contributed by atoms with E-state index < -0.39 is 0 Å². The van der Waals surface area contributed by atoms with Gasteiger partial charge in [0.25, 0.3) is 0 Å². The summed E-state index contributed by atoms with van der Waals surface area (Å²) in [6, 6.07) is 24.6. The van der Waals surface area contributed by atoms with Crippen molar-refractivity contribution in [1.82, 2.24) is 0 Å². The van der Waals surface area contributed by atoms with Gasteiger partial charge in [-0.05, 0) is 21.9 Å². The highest BCUT2D eigenvalue weighted by Crippen LogP contribution is 2.36. The molecular formula is C20H20O2. The van der Waals surface area contributed by atoms with Gasteiger partial charge in [0.2, 0.25) is 0 Å². The summed E-state index contributed by atoms with van der Waals surface area (Å²) in [7, 11) is 0. The highest BCUT2D eigenvalue weighted by molar-refractivity contribution is 5.86. The van der Waals surface area contributed by atoms with Crippen LogP contribution in [0.15, 0.2) is 72.8 Å². The van der Waals surface area contributed by atoms with Gasteiger partial charge in [-0.1, -0.05) is 72.8 Å². The fraction of sp³-hybridized carbons (Fsp3) is 0.200. The third-order valence-corrected chi connectivity index (χ3v) is 4.26. The van der Waals surface area contributed by atoms with Gasteiger partial charge in [-0.3, -0.25) is 0 Å². The average Bonchev–Trinajstić information content (AvgIpc) is 2.60. The monoisotopic (exact) mass is 292 g/mol. The van der Waals surface area contributed by atoms with Gasteiger partial charge in [-0.2, -0.15) is 0 Å². The van der Waals surface area contributed by atoms with Crippen LogP contribution in [-0.4, -0.2) is 23.4 Å². The number of aliphatic hydroxyl groups is 2. The molecule has 0 aliphatic rings. The first kappa shape index (κ1) is 14.8. The Hall–Kier alpha value is -2.16. The van der Waals surface area contributed by atoms with Crippen LogP contribution in [0.2, 0.25) is 0 Å². The summed E-state index contributed by atoms with van der Waals surface area (Å²) >= 11 is 0. The summed E-state index contributed by atoms with van der Waals surface area (Å²) in [5.41, 5.74) is 2.27. The Balaban J connectivity index is 2.20. The average molecular weight is 292 g/mol. The molecule has 3 rings (SSSR count). The van der Waals surface area contributed by atoms with Crippen LogP contribution in [-0.2, 0) is 0 Å². The maximum absolute atomic E-state index is 9.73. The molecular weight excluding hydrogens is 272 g/mol. The molecule has 0 saturated carbocycles. The first-order valence-electron chi connectivity index (χ1n) is 7.59. The lowest BCUT2D eigenvalue weighted by molar-refractivity contribution is 0.139. The Morgan fingerprint density at radius 1 is 0.682 bits per heavy atom. The molecule has 0 spiro atoms. The van der Waals surface area contributed by atoms with E-state index in [0.717, 1.165) is 11.1 Å². The number of rotatable bonds is 5. The van der Waals surface area contributed by atoms with Crippen molar-refractivity contribution in [2.24, 2.45) is 5.92 Å². The fourth-order valence-corrected chi connectivity index (χ4v) is 3.16. The van der Waals surface area contributed by atoms with E-state index in [-0.39, 0.29) is 25.0 Å². The van der Waals surface area contributed by atoms with Crippen molar-refractivity contribution in [3.05, 3.63) is 83.9 Å². The Morgan fingerprint density at radius 3 is 2.05 bits per heavy atom. The molecule has 0 fully saturated rings. The second-order valence-electron chi connectivity index (χ2n) is 5.58. The number of hydrogen-bond donors (Lipinski definition) is 2. The summed E-state index contributed by atoms with van der Waals surface area (Å²) in [5, 5.41) is 21.8. The maximum Gasteiger partial charge on any atom is 0.0490 e. The SMILES string of the molecule is OCC(CO)C(c1ccccc1)c1cccc2ccccc12. The van der Waals surface area contributed by atoms with E-state index in [1.807, 2.05) is 36.4 Å². The molecule has 2 heteroatoms. The van der Waals surface area contributed by atoms with E-state index in [1.54, 1.807) is 0 Å². The van der Waals surface area contributed by atoms with Crippen molar-refractivity contribution < 1.29 is 10.2 Å². The second kappa shape index (κ2) is 6.73. The van der Waals surface area contributed by atoms with Crippen molar-refractivity contribution in [2.75, 3.05) is 13.2 Å². The molecule has 0 heterocycles. The van der Waals surface area contributed by atoms with Gasteiger partial charge in [0.1, 0.15) is 0 Å². The highest BCUT2D eigenvalue weighted by atomic mass is 16.3. The molecule has 0 saturated heterocycles. The van der Waals surface area contributed by atoms with E-state index in [9.17, 15) is 10.2 Å². The van der Waals surface area contributed by atoms with Gasteiger partial charge in [0.05, 0.1) is 0 Å². The number of aliphatic hydroxyl groups excluding tert-OH is 2. The van der Waals surface area contributed by atoms with E-state index >= 15 is 0 Å². The Morgan fingerprint density at radius 2 is 1.32 bits per heavy atom. The molecule has 3 aromatic carbocycles. The maximum atomic E-state index is 9.73. The van der Waals surface area contributed by atoms with Crippen molar-refractivity contribution >= 4 is 10.8 Å². The van der Waals surface area contributed by atoms with Crippen LogP contribution < -0.4 is 0 Å². The largest absolute Gasteiger partial charge is 0.396 e. The normalized spacial score (nSPS) is 12.7. The van der Waals surface area contributed by atoms with Crippen LogP contribution in [0.1, 0.15) is 17.0 Å². The molecule has 0 bridgehead atoms. The van der Waals surface area contributed by atoms with Crippen LogP contribution >= 0.6 is 0 Å². The van der Waals surface area contributed by atoms with Crippen molar-refractivity contribution in [3.63, 3.8) is 0 Å². The third kappa shape index (κ3) is 2.76. The summed E-state index contributed by atoms with van der Waals surface area (Å²) in [6.07, 6.45) is 0. The van der Waals surface area contributed by atoms with Crippen molar-refractivity contribution in [1.29, 1.82) is 0 Å².